The fourth-order valence-electron chi connectivity index (χ4n) is 2.31. The first-order valence-corrected chi connectivity index (χ1v) is 7.04. The molecule has 2 N–H and O–H groups in total. The number of aromatic nitrogens is 4. The highest BCUT2D eigenvalue weighted by molar-refractivity contribution is 5.99. The maximum atomic E-state index is 11.8. The van der Waals surface area contributed by atoms with Crippen molar-refractivity contribution >= 4 is 23.1 Å². The summed E-state index contributed by atoms with van der Waals surface area (Å²) in [5, 5.41) is 21.1. The fraction of sp³-hybridized carbons (Fsp3) is 0.200. The molecule has 23 heavy (non-hydrogen) atoms. The summed E-state index contributed by atoms with van der Waals surface area (Å²) in [6.45, 7) is 3.72. The fourth-order valence-corrected chi connectivity index (χ4v) is 2.31. The average molecular weight is 313 g/mol. The molecule has 8 nitrogen and oxygen atoms in total. The van der Waals surface area contributed by atoms with E-state index in [9.17, 15) is 4.79 Å². The zero-order chi connectivity index (χ0) is 16.4. The van der Waals surface area contributed by atoms with Crippen molar-refractivity contribution in [1.29, 1.82) is 0 Å². The van der Waals surface area contributed by atoms with Gasteiger partial charge in [0.2, 0.25) is 0 Å². The van der Waals surface area contributed by atoms with Gasteiger partial charge in [-0.25, -0.2) is 4.79 Å². The van der Waals surface area contributed by atoms with Gasteiger partial charge in [-0.2, -0.15) is 9.90 Å². The number of hydrogen-bond donors (Lipinski definition) is 2. The van der Waals surface area contributed by atoms with Crippen LogP contribution < -0.4 is 0 Å². The second-order valence-electron chi connectivity index (χ2n) is 4.86. The molecule has 0 spiro atoms. The lowest BCUT2D eigenvalue weighted by molar-refractivity contribution is 0.0518. The molecule has 0 saturated carbocycles. The van der Waals surface area contributed by atoms with Crippen molar-refractivity contribution in [3.8, 4) is 5.69 Å². The quantitative estimate of drug-likeness (QED) is 0.332. The highest BCUT2D eigenvalue weighted by Crippen LogP contribution is 2.20. The zero-order valence-electron chi connectivity index (χ0n) is 12.6. The lowest BCUT2D eigenvalue weighted by Crippen LogP contribution is -2.07. The van der Waals surface area contributed by atoms with Crippen LogP contribution in [0.4, 0.5) is 0 Å². The molecular formula is C15H15N5O3. The van der Waals surface area contributed by atoms with Gasteiger partial charge in [0.1, 0.15) is 0 Å². The molecule has 0 unspecified atom stereocenters. The van der Waals surface area contributed by atoms with Crippen molar-refractivity contribution in [2.75, 3.05) is 6.61 Å². The Kier molecular flexibility index (Phi) is 3.80. The van der Waals surface area contributed by atoms with E-state index in [-0.39, 0.29) is 12.3 Å². The Labute approximate surface area is 131 Å². The molecule has 0 aliphatic heterocycles. The van der Waals surface area contributed by atoms with Gasteiger partial charge in [0, 0.05) is 22.7 Å². The van der Waals surface area contributed by atoms with E-state index in [1.54, 1.807) is 20.0 Å². The van der Waals surface area contributed by atoms with Crippen molar-refractivity contribution in [3.05, 3.63) is 41.3 Å². The van der Waals surface area contributed by atoms with Crippen molar-refractivity contribution in [1.82, 2.24) is 20.0 Å². The number of hydrogen-bond acceptors (Lipinski definition) is 6. The third kappa shape index (κ3) is 2.66. The Morgan fingerprint density at radius 3 is 3.04 bits per heavy atom. The number of H-pyrrole nitrogens is 1. The summed E-state index contributed by atoms with van der Waals surface area (Å²) in [6, 6.07) is 5.53. The summed E-state index contributed by atoms with van der Waals surface area (Å²) in [5.74, 6) is -0.493. The number of aromatic amines is 1. The number of carbonyl (C=O) groups excluding carboxylic acids is 1. The summed E-state index contributed by atoms with van der Waals surface area (Å²) in [5.41, 5.74) is 2.99. The Bertz CT molecular complexity index is 894. The Morgan fingerprint density at radius 2 is 2.30 bits per heavy atom. The molecule has 0 atom stereocenters. The number of nitrogens with zero attached hydrogens (tertiary/aromatic N) is 4. The van der Waals surface area contributed by atoms with Gasteiger partial charge in [0.15, 0.2) is 5.69 Å². The standard InChI is InChI=1S/C15H15N5O3/c1-3-23-15(21)14-9(2)18-20(19-14)11-4-5-13-12(6-11)10(7-16-13)8-17-22/h4-8,16,22H,3H2,1-2H3. The van der Waals surface area contributed by atoms with Crippen LogP contribution in [0.2, 0.25) is 0 Å². The van der Waals surface area contributed by atoms with Crippen LogP contribution in [0.3, 0.4) is 0 Å². The van der Waals surface area contributed by atoms with E-state index in [2.05, 4.69) is 20.3 Å². The topological polar surface area (TPSA) is 105 Å². The summed E-state index contributed by atoms with van der Waals surface area (Å²) < 4.78 is 4.96. The van der Waals surface area contributed by atoms with Crippen molar-refractivity contribution in [2.24, 2.45) is 5.16 Å². The molecule has 0 saturated heterocycles. The molecule has 2 heterocycles. The molecule has 0 fully saturated rings. The SMILES string of the molecule is CCOC(=O)c1nn(-c2ccc3[nH]cc(C=NO)c3c2)nc1C. The van der Waals surface area contributed by atoms with Crippen LogP contribution in [0.25, 0.3) is 16.6 Å². The number of aryl methyl sites for hydroxylation is 1. The molecule has 8 heteroatoms. The van der Waals surface area contributed by atoms with Gasteiger partial charge >= 0.3 is 5.97 Å². The van der Waals surface area contributed by atoms with Crippen LogP contribution in [-0.2, 0) is 4.74 Å². The molecule has 1 aromatic carbocycles. The minimum atomic E-state index is -0.493. The predicted octanol–water partition coefficient (Wildman–Crippen LogP) is 2.04. The van der Waals surface area contributed by atoms with Crippen molar-refractivity contribution in [2.45, 2.75) is 13.8 Å². The highest BCUT2D eigenvalue weighted by atomic mass is 16.5. The first-order valence-electron chi connectivity index (χ1n) is 7.04. The van der Waals surface area contributed by atoms with E-state index in [4.69, 9.17) is 9.94 Å². The van der Waals surface area contributed by atoms with Crippen molar-refractivity contribution in [3.63, 3.8) is 0 Å². The maximum Gasteiger partial charge on any atom is 0.360 e. The van der Waals surface area contributed by atoms with E-state index < -0.39 is 5.97 Å². The second kappa shape index (κ2) is 5.91. The van der Waals surface area contributed by atoms with E-state index >= 15 is 0 Å². The van der Waals surface area contributed by atoms with Gasteiger partial charge < -0.3 is 14.9 Å². The Morgan fingerprint density at radius 1 is 1.48 bits per heavy atom. The van der Waals surface area contributed by atoms with Gasteiger partial charge in [-0.1, -0.05) is 5.16 Å². The maximum absolute atomic E-state index is 11.8. The first-order chi connectivity index (χ1) is 11.1. The van der Waals surface area contributed by atoms with E-state index in [1.807, 2.05) is 18.2 Å². The molecule has 3 rings (SSSR count). The summed E-state index contributed by atoms with van der Waals surface area (Å²) in [6.07, 6.45) is 3.08. The van der Waals surface area contributed by atoms with Crippen LogP contribution in [0.15, 0.2) is 29.6 Å². The van der Waals surface area contributed by atoms with Crippen LogP contribution in [0.5, 0.6) is 0 Å². The number of rotatable bonds is 4. The van der Waals surface area contributed by atoms with E-state index in [1.165, 1.54) is 11.0 Å². The Hall–Kier alpha value is -3.16. The van der Waals surface area contributed by atoms with Gasteiger partial charge in [0.25, 0.3) is 0 Å². The molecular weight excluding hydrogens is 298 g/mol. The molecule has 0 amide bonds. The number of nitrogens with one attached hydrogen (secondary N) is 1. The lowest BCUT2D eigenvalue weighted by Gasteiger charge is -2.00. The minimum absolute atomic E-state index is 0.193. The minimum Gasteiger partial charge on any atom is -0.461 e. The Balaban J connectivity index is 2.05. The van der Waals surface area contributed by atoms with Crippen LogP contribution in [-0.4, -0.2) is 44.0 Å². The van der Waals surface area contributed by atoms with Crippen LogP contribution in [0, 0.1) is 6.92 Å². The molecule has 0 radical (unpaired) electrons. The number of ether oxygens (including phenoxy) is 1. The molecule has 118 valence electrons. The summed E-state index contributed by atoms with van der Waals surface area (Å²) >= 11 is 0. The van der Waals surface area contributed by atoms with Crippen LogP contribution in [0.1, 0.15) is 28.7 Å². The molecule has 0 aliphatic carbocycles. The third-order valence-electron chi connectivity index (χ3n) is 3.38. The average Bonchev–Trinajstić information content (AvgIpc) is 3.11. The summed E-state index contributed by atoms with van der Waals surface area (Å²) in [4.78, 5) is 16.3. The third-order valence-corrected chi connectivity index (χ3v) is 3.38. The number of fused-ring (bicyclic) bond motifs is 1. The monoisotopic (exact) mass is 313 g/mol. The molecule has 0 bridgehead atoms. The smallest absolute Gasteiger partial charge is 0.360 e. The van der Waals surface area contributed by atoms with Crippen molar-refractivity contribution < 1.29 is 14.7 Å². The van der Waals surface area contributed by atoms with E-state index in [0.29, 0.717) is 11.4 Å². The molecule has 2 aromatic heterocycles. The second-order valence-corrected chi connectivity index (χ2v) is 4.86. The molecule has 3 aromatic rings. The number of oxime groups is 1. The van der Waals surface area contributed by atoms with Crippen LogP contribution >= 0.6 is 0 Å². The lowest BCUT2D eigenvalue weighted by atomic mass is 10.2. The largest absolute Gasteiger partial charge is 0.461 e. The number of carbonyl (C=O) groups is 1. The first kappa shape index (κ1) is 14.8. The zero-order valence-corrected chi connectivity index (χ0v) is 12.6. The van der Waals surface area contributed by atoms with Gasteiger partial charge in [-0.3, -0.25) is 0 Å². The van der Waals surface area contributed by atoms with E-state index in [0.717, 1.165) is 16.5 Å². The normalized spacial score (nSPS) is 11.4. The summed E-state index contributed by atoms with van der Waals surface area (Å²) in [7, 11) is 0. The van der Waals surface area contributed by atoms with Gasteiger partial charge in [0.05, 0.1) is 24.2 Å². The number of benzene rings is 1. The van der Waals surface area contributed by atoms with Gasteiger partial charge in [-0.05, 0) is 32.0 Å². The highest BCUT2D eigenvalue weighted by Gasteiger charge is 2.17. The predicted molar refractivity (Wildman–Crippen MR) is 83.3 cm³/mol. The molecule has 0 aliphatic rings. The number of esters is 1. The van der Waals surface area contributed by atoms with Gasteiger partial charge in [-0.15, -0.1) is 5.10 Å².